The lowest BCUT2D eigenvalue weighted by atomic mass is 10.0. The van der Waals surface area contributed by atoms with E-state index in [2.05, 4.69) is 15.5 Å². The minimum absolute atomic E-state index is 0.109. The molecule has 1 atom stereocenters. The summed E-state index contributed by atoms with van der Waals surface area (Å²) in [6.45, 7) is 0.917. The second-order valence-corrected chi connectivity index (χ2v) is 10.2. The van der Waals surface area contributed by atoms with Crippen LogP contribution in [0.25, 0.3) is 0 Å². The van der Waals surface area contributed by atoms with Crippen molar-refractivity contribution in [2.45, 2.75) is 38.1 Å². The molecule has 0 saturated heterocycles. The van der Waals surface area contributed by atoms with E-state index in [1.165, 1.54) is 18.2 Å². The average Bonchev–Trinajstić information content (AvgIpc) is 3.43. The number of aromatic nitrogens is 2. The number of ketones is 1. The highest BCUT2D eigenvalue weighted by Gasteiger charge is 2.27. The highest BCUT2D eigenvalue weighted by atomic mass is 35.5. The fourth-order valence-electron chi connectivity index (χ4n) is 4.08. The number of carbonyl (C=O) groups excluding carboxylic acids is 2. The molecule has 0 aliphatic rings. The first-order valence-corrected chi connectivity index (χ1v) is 13.9. The van der Waals surface area contributed by atoms with Gasteiger partial charge in [-0.15, -0.1) is 0 Å². The highest BCUT2D eigenvalue weighted by Crippen LogP contribution is 2.23. The molecule has 0 saturated carbocycles. The minimum atomic E-state index is -0.914. The van der Waals surface area contributed by atoms with Crippen LogP contribution in [-0.2, 0) is 12.8 Å². The molecule has 0 aliphatic heterocycles. The Hall–Kier alpha value is -3.79. The highest BCUT2D eigenvalue weighted by molar-refractivity contribution is 6.42. The normalized spacial score (nSPS) is 11.7. The van der Waals surface area contributed by atoms with E-state index in [0.717, 1.165) is 17.2 Å². The number of ether oxygens (including phenoxy) is 1. The number of nitrogens with two attached hydrogens (primary N) is 1. The molecule has 41 heavy (non-hydrogen) atoms. The summed E-state index contributed by atoms with van der Waals surface area (Å²) in [4.78, 5) is 30.1. The molecule has 3 N–H and O–H groups in total. The van der Waals surface area contributed by atoms with Crippen LogP contribution < -0.4 is 15.8 Å². The molecule has 1 heterocycles. The van der Waals surface area contributed by atoms with Crippen molar-refractivity contribution in [2.75, 3.05) is 13.2 Å². The molecule has 214 valence electrons. The van der Waals surface area contributed by atoms with Crippen molar-refractivity contribution in [2.24, 2.45) is 5.73 Å². The second-order valence-electron chi connectivity index (χ2n) is 9.36. The molecule has 0 aliphatic carbocycles. The van der Waals surface area contributed by atoms with Crippen molar-refractivity contribution in [3.63, 3.8) is 0 Å². The number of nitrogens with one attached hydrogen (secondary N) is 1. The molecule has 0 bridgehead atoms. The maximum absolute atomic E-state index is 13.6. The van der Waals surface area contributed by atoms with Crippen LogP contribution in [0.5, 0.6) is 5.75 Å². The van der Waals surface area contributed by atoms with Crippen molar-refractivity contribution in [3.8, 4) is 5.75 Å². The Kier molecular flexibility index (Phi) is 10.8. The van der Waals surface area contributed by atoms with Crippen LogP contribution in [0, 0.1) is 5.82 Å². The summed E-state index contributed by atoms with van der Waals surface area (Å²) in [5, 5.41) is 7.53. The van der Waals surface area contributed by atoms with Gasteiger partial charge in [-0.1, -0.05) is 52.6 Å². The molecular formula is C30H29Cl2FN4O4. The zero-order chi connectivity index (χ0) is 29.2. The van der Waals surface area contributed by atoms with Gasteiger partial charge in [-0.3, -0.25) is 9.59 Å². The fourth-order valence-corrected chi connectivity index (χ4v) is 4.40. The summed E-state index contributed by atoms with van der Waals surface area (Å²) in [5.74, 6) is -0.802. The summed E-state index contributed by atoms with van der Waals surface area (Å²) >= 11 is 12.0. The number of hydrogen-bond acceptors (Lipinski definition) is 7. The van der Waals surface area contributed by atoms with Gasteiger partial charge < -0.3 is 20.3 Å². The smallest absolute Gasteiger partial charge is 0.251 e. The van der Waals surface area contributed by atoms with Gasteiger partial charge in [-0.2, -0.15) is 4.98 Å². The zero-order valence-corrected chi connectivity index (χ0v) is 23.6. The van der Waals surface area contributed by atoms with Gasteiger partial charge in [0.25, 0.3) is 5.91 Å². The summed E-state index contributed by atoms with van der Waals surface area (Å²) in [6.07, 6.45) is 2.58. The van der Waals surface area contributed by atoms with E-state index >= 15 is 0 Å². The summed E-state index contributed by atoms with van der Waals surface area (Å²) in [5.41, 5.74) is 7.59. The molecule has 0 radical (unpaired) electrons. The minimum Gasteiger partial charge on any atom is -0.493 e. The monoisotopic (exact) mass is 598 g/mol. The molecular weight excluding hydrogens is 570 g/mol. The van der Waals surface area contributed by atoms with Gasteiger partial charge in [0.15, 0.2) is 0 Å². The molecule has 11 heteroatoms. The van der Waals surface area contributed by atoms with E-state index in [-0.39, 0.29) is 17.3 Å². The number of nitrogens with zero attached hydrogens (tertiary/aromatic N) is 2. The number of benzene rings is 3. The third-order valence-corrected chi connectivity index (χ3v) is 7.01. The van der Waals surface area contributed by atoms with Gasteiger partial charge in [0, 0.05) is 12.0 Å². The predicted octanol–water partition coefficient (Wildman–Crippen LogP) is 5.84. The van der Waals surface area contributed by atoms with Gasteiger partial charge in [0.2, 0.25) is 17.5 Å². The van der Waals surface area contributed by atoms with Crippen LogP contribution in [0.1, 0.15) is 57.3 Å². The number of halogens is 3. The van der Waals surface area contributed by atoms with E-state index < -0.39 is 23.5 Å². The molecule has 0 fully saturated rings. The Morgan fingerprint density at radius 2 is 1.78 bits per heavy atom. The molecule has 1 unspecified atom stereocenters. The number of Topliss-reactive ketones (excluding diaryl/α,β-unsaturated/α-hetero) is 1. The van der Waals surface area contributed by atoms with Crippen LogP contribution in [0.2, 0.25) is 10.0 Å². The van der Waals surface area contributed by atoms with Crippen molar-refractivity contribution in [1.82, 2.24) is 15.5 Å². The third kappa shape index (κ3) is 8.85. The number of unbranched alkanes of at least 4 members (excludes halogenated alkanes) is 1. The largest absolute Gasteiger partial charge is 0.493 e. The van der Waals surface area contributed by atoms with Crippen molar-refractivity contribution in [3.05, 3.63) is 111 Å². The lowest BCUT2D eigenvalue weighted by Crippen LogP contribution is -2.41. The quantitative estimate of drug-likeness (QED) is 0.138. The van der Waals surface area contributed by atoms with Crippen molar-refractivity contribution in [1.29, 1.82) is 0 Å². The van der Waals surface area contributed by atoms with Gasteiger partial charge in [0.05, 0.1) is 29.1 Å². The molecule has 0 spiro atoms. The zero-order valence-electron chi connectivity index (χ0n) is 22.1. The van der Waals surface area contributed by atoms with Gasteiger partial charge in [-0.25, -0.2) is 4.39 Å². The SMILES string of the molecule is NCCCCC(NC(=O)c1cccc(F)c1)C(=O)c1noc(Cc2ccc(OCCc3ccc(Cl)c(Cl)c3)cc2)n1. The fraction of sp³-hybridized carbons (Fsp3) is 0.267. The molecule has 1 aromatic heterocycles. The Labute approximate surface area is 247 Å². The van der Waals surface area contributed by atoms with Crippen molar-refractivity contribution < 1.29 is 23.2 Å². The Balaban J connectivity index is 1.34. The van der Waals surface area contributed by atoms with Crippen LogP contribution in [0.15, 0.2) is 71.3 Å². The summed E-state index contributed by atoms with van der Waals surface area (Å²) < 4.78 is 24.7. The second kappa shape index (κ2) is 14.7. The molecule has 1 amide bonds. The standard InChI is InChI=1S/C30H29Cl2FN4O4/c31-24-12-9-20(16-25(24)32)13-15-40-23-10-7-19(8-11-23)17-27-36-29(37-41-27)28(38)26(6-1-2-14-34)35-30(39)21-4-3-5-22(33)18-21/h3-5,7-12,16,18,26H,1-2,6,13-15,17,34H2,(H,35,39). The Bertz CT molecular complexity index is 1480. The van der Waals surface area contributed by atoms with Gasteiger partial charge in [-0.05, 0) is 79.4 Å². The first kappa shape index (κ1) is 30.2. The first-order valence-electron chi connectivity index (χ1n) is 13.1. The molecule has 4 rings (SSSR count). The predicted molar refractivity (Wildman–Crippen MR) is 154 cm³/mol. The van der Waals surface area contributed by atoms with Crippen LogP contribution in [-0.4, -0.2) is 41.0 Å². The van der Waals surface area contributed by atoms with Crippen LogP contribution >= 0.6 is 23.2 Å². The lowest BCUT2D eigenvalue weighted by Gasteiger charge is -2.16. The van der Waals surface area contributed by atoms with Gasteiger partial charge in [0.1, 0.15) is 11.6 Å². The summed E-state index contributed by atoms with van der Waals surface area (Å²) in [7, 11) is 0. The number of hydrogen-bond donors (Lipinski definition) is 2. The van der Waals surface area contributed by atoms with E-state index in [0.29, 0.717) is 61.1 Å². The first-order chi connectivity index (χ1) is 19.8. The third-order valence-electron chi connectivity index (χ3n) is 6.27. The average molecular weight is 599 g/mol. The molecule has 8 nitrogen and oxygen atoms in total. The number of rotatable bonds is 14. The lowest BCUT2D eigenvalue weighted by molar-refractivity contribution is 0.0843. The topological polar surface area (TPSA) is 120 Å². The number of amides is 1. The van der Waals surface area contributed by atoms with E-state index in [1.54, 1.807) is 6.07 Å². The molecule has 3 aromatic carbocycles. The van der Waals surface area contributed by atoms with E-state index in [9.17, 15) is 14.0 Å². The maximum atomic E-state index is 13.6. The Morgan fingerprint density at radius 3 is 2.51 bits per heavy atom. The van der Waals surface area contributed by atoms with Crippen LogP contribution in [0.3, 0.4) is 0 Å². The summed E-state index contributed by atoms with van der Waals surface area (Å²) in [6, 6.07) is 17.2. The Morgan fingerprint density at radius 1 is 1.00 bits per heavy atom. The maximum Gasteiger partial charge on any atom is 0.251 e. The van der Waals surface area contributed by atoms with Crippen LogP contribution in [0.4, 0.5) is 4.39 Å². The van der Waals surface area contributed by atoms with Crippen molar-refractivity contribution >= 4 is 34.9 Å². The number of carbonyl (C=O) groups is 2. The van der Waals surface area contributed by atoms with Gasteiger partial charge >= 0.3 is 0 Å². The van der Waals surface area contributed by atoms with E-state index in [1.807, 2.05) is 36.4 Å². The van der Waals surface area contributed by atoms with E-state index in [4.69, 9.17) is 38.2 Å². The molecule has 4 aromatic rings.